The number of benzene rings is 2. The van der Waals surface area contributed by atoms with Gasteiger partial charge in [-0.2, -0.15) is 0 Å². The lowest BCUT2D eigenvalue weighted by Gasteiger charge is -2.08. The maximum atomic E-state index is 13.4. The summed E-state index contributed by atoms with van der Waals surface area (Å²) in [7, 11) is 0. The number of hydrogen-bond donors (Lipinski definition) is 0. The van der Waals surface area contributed by atoms with E-state index in [4.69, 9.17) is 16.3 Å². The summed E-state index contributed by atoms with van der Waals surface area (Å²) in [5.74, 6) is -0.847. The summed E-state index contributed by atoms with van der Waals surface area (Å²) in [6.45, 7) is 0.362. The Morgan fingerprint density at radius 3 is 2.58 bits per heavy atom. The summed E-state index contributed by atoms with van der Waals surface area (Å²) < 4.78 is 19.0. The molecule has 0 aliphatic heterocycles. The van der Waals surface area contributed by atoms with Crippen LogP contribution in [0.15, 0.2) is 48.5 Å². The van der Waals surface area contributed by atoms with Crippen LogP contribution in [0.3, 0.4) is 0 Å². The van der Waals surface area contributed by atoms with Crippen molar-refractivity contribution in [2.24, 2.45) is 0 Å². The average Bonchev–Trinajstić information content (AvgIpc) is 2.46. The van der Waals surface area contributed by atoms with Crippen LogP contribution < -0.4 is 4.74 Å². The fourth-order valence-electron chi connectivity index (χ4n) is 1.62. The van der Waals surface area contributed by atoms with Crippen LogP contribution in [0.2, 0.25) is 0 Å². The predicted molar refractivity (Wildman–Crippen MR) is 72.2 cm³/mol. The van der Waals surface area contributed by atoms with Crippen LogP contribution in [0.25, 0.3) is 0 Å². The minimum atomic E-state index is -0.585. The molecule has 0 saturated heterocycles. The number of hydrogen-bond acceptors (Lipinski definition) is 2. The second kappa shape index (κ2) is 6.34. The highest BCUT2D eigenvalue weighted by Gasteiger charge is 2.11. The first-order valence-electron chi connectivity index (χ1n) is 5.76. The molecule has 19 heavy (non-hydrogen) atoms. The van der Waals surface area contributed by atoms with Crippen LogP contribution in [0.4, 0.5) is 4.39 Å². The summed E-state index contributed by atoms with van der Waals surface area (Å²) in [6, 6.07) is 13.7. The molecule has 0 aliphatic carbocycles. The summed E-state index contributed by atoms with van der Waals surface area (Å²) in [5.41, 5.74) is 0.956. The fourth-order valence-corrected chi connectivity index (χ4v) is 1.76. The third-order valence-corrected chi connectivity index (χ3v) is 2.85. The van der Waals surface area contributed by atoms with Crippen molar-refractivity contribution in [1.29, 1.82) is 0 Å². The molecule has 0 radical (unpaired) electrons. The molecule has 98 valence electrons. The molecule has 0 fully saturated rings. The van der Waals surface area contributed by atoms with Crippen molar-refractivity contribution < 1.29 is 13.9 Å². The quantitative estimate of drug-likeness (QED) is 0.614. The van der Waals surface area contributed by atoms with Gasteiger partial charge in [0.15, 0.2) is 5.78 Å². The van der Waals surface area contributed by atoms with Crippen molar-refractivity contribution in [2.45, 2.75) is 6.61 Å². The molecule has 2 rings (SSSR count). The second-order valence-electron chi connectivity index (χ2n) is 3.97. The highest BCUT2D eigenvalue weighted by Crippen LogP contribution is 2.19. The van der Waals surface area contributed by atoms with Gasteiger partial charge in [0, 0.05) is 0 Å². The number of halogens is 2. The van der Waals surface area contributed by atoms with Gasteiger partial charge in [0.2, 0.25) is 0 Å². The average molecular weight is 279 g/mol. The molecule has 0 amide bonds. The predicted octanol–water partition coefficient (Wildman–Crippen LogP) is 3.83. The van der Waals surface area contributed by atoms with E-state index < -0.39 is 11.6 Å². The zero-order valence-electron chi connectivity index (χ0n) is 10.1. The van der Waals surface area contributed by atoms with E-state index in [-0.39, 0.29) is 11.4 Å². The number of ether oxygens (including phenoxy) is 1. The lowest BCUT2D eigenvalue weighted by molar-refractivity contribution is 0.101. The van der Waals surface area contributed by atoms with Crippen molar-refractivity contribution >= 4 is 17.4 Å². The van der Waals surface area contributed by atoms with E-state index in [0.29, 0.717) is 12.4 Å². The van der Waals surface area contributed by atoms with Gasteiger partial charge in [-0.25, -0.2) is 4.39 Å². The van der Waals surface area contributed by atoms with E-state index >= 15 is 0 Å². The monoisotopic (exact) mass is 278 g/mol. The first-order chi connectivity index (χ1) is 9.20. The first kappa shape index (κ1) is 13.6. The largest absolute Gasteiger partial charge is 0.489 e. The van der Waals surface area contributed by atoms with Crippen LogP contribution in [-0.4, -0.2) is 11.7 Å². The maximum Gasteiger partial charge on any atom is 0.180 e. The Balaban J connectivity index is 2.11. The van der Waals surface area contributed by atoms with Gasteiger partial charge in [-0.1, -0.05) is 30.3 Å². The number of carbonyl (C=O) groups excluding carboxylic acids is 1. The number of Topliss-reactive ketones (excluding diaryl/α,β-unsaturated/α-hetero) is 1. The van der Waals surface area contributed by atoms with Gasteiger partial charge in [-0.15, -0.1) is 11.6 Å². The molecule has 0 unspecified atom stereocenters. The van der Waals surface area contributed by atoms with Crippen LogP contribution in [0.1, 0.15) is 15.9 Å². The molecule has 2 nitrogen and oxygen atoms in total. The third-order valence-electron chi connectivity index (χ3n) is 2.61. The highest BCUT2D eigenvalue weighted by molar-refractivity contribution is 6.30. The number of rotatable bonds is 5. The van der Waals surface area contributed by atoms with Crippen LogP contribution in [0, 0.1) is 5.82 Å². The van der Waals surface area contributed by atoms with Crippen LogP contribution in [0.5, 0.6) is 5.75 Å². The summed E-state index contributed by atoms with van der Waals surface area (Å²) in [5, 5.41) is 0. The van der Waals surface area contributed by atoms with Gasteiger partial charge in [0.05, 0.1) is 11.4 Å². The van der Waals surface area contributed by atoms with Crippen LogP contribution in [-0.2, 0) is 6.61 Å². The summed E-state index contributed by atoms with van der Waals surface area (Å²) >= 11 is 5.43. The molecule has 0 heterocycles. The molecule has 2 aromatic rings. The smallest absolute Gasteiger partial charge is 0.180 e. The third kappa shape index (κ3) is 3.55. The van der Waals surface area contributed by atoms with Gasteiger partial charge < -0.3 is 4.74 Å². The molecule has 0 N–H and O–H groups in total. The lowest BCUT2D eigenvalue weighted by atomic mass is 10.1. The Kier molecular flexibility index (Phi) is 4.53. The molecule has 4 heteroatoms. The molecular formula is C15H12ClFO2. The zero-order chi connectivity index (χ0) is 13.7. The van der Waals surface area contributed by atoms with E-state index in [1.54, 1.807) is 0 Å². The minimum Gasteiger partial charge on any atom is -0.489 e. The second-order valence-corrected chi connectivity index (χ2v) is 4.24. The zero-order valence-corrected chi connectivity index (χ0v) is 10.9. The SMILES string of the molecule is O=C(CCl)c1cc(OCc2ccccc2)ccc1F. The molecule has 0 aromatic heterocycles. The summed E-state index contributed by atoms with van der Waals surface area (Å²) in [6.07, 6.45) is 0. The van der Waals surface area contributed by atoms with Gasteiger partial charge in [-0.3, -0.25) is 4.79 Å². The van der Waals surface area contributed by atoms with Crippen LogP contribution >= 0.6 is 11.6 Å². The molecule has 0 aliphatic rings. The lowest BCUT2D eigenvalue weighted by Crippen LogP contribution is -2.04. The maximum absolute atomic E-state index is 13.4. The number of ketones is 1. The molecule has 0 saturated carbocycles. The van der Waals surface area contributed by atoms with E-state index in [1.165, 1.54) is 18.2 Å². The van der Waals surface area contributed by atoms with Crippen molar-refractivity contribution in [2.75, 3.05) is 5.88 Å². The molecule has 0 bridgehead atoms. The van der Waals surface area contributed by atoms with E-state index in [0.717, 1.165) is 5.56 Å². The van der Waals surface area contributed by atoms with Crippen molar-refractivity contribution in [3.63, 3.8) is 0 Å². The Morgan fingerprint density at radius 2 is 1.89 bits per heavy atom. The minimum absolute atomic E-state index is 0.0411. The molecule has 0 spiro atoms. The normalized spacial score (nSPS) is 10.2. The van der Waals surface area contributed by atoms with Gasteiger partial charge >= 0.3 is 0 Å². The molecule has 2 aromatic carbocycles. The standard InChI is InChI=1S/C15H12ClFO2/c16-9-15(18)13-8-12(6-7-14(13)17)19-10-11-4-2-1-3-5-11/h1-8H,9-10H2. The Hall–Kier alpha value is -1.87. The van der Waals surface area contributed by atoms with E-state index in [1.807, 2.05) is 30.3 Å². The number of carbonyl (C=O) groups is 1. The molecular weight excluding hydrogens is 267 g/mol. The topological polar surface area (TPSA) is 26.3 Å². The van der Waals surface area contributed by atoms with Crippen molar-refractivity contribution in [1.82, 2.24) is 0 Å². The van der Waals surface area contributed by atoms with Crippen molar-refractivity contribution in [3.8, 4) is 5.75 Å². The fraction of sp³-hybridized carbons (Fsp3) is 0.133. The molecule has 0 atom stereocenters. The Morgan fingerprint density at radius 1 is 1.16 bits per heavy atom. The van der Waals surface area contributed by atoms with Gasteiger partial charge in [0.25, 0.3) is 0 Å². The van der Waals surface area contributed by atoms with Crippen molar-refractivity contribution in [3.05, 3.63) is 65.5 Å². The summed E-state index contributed by atoms with van der Waals surface area (Å²) in [4.78, 5) is 11.4. The highest BCUT2D eigenvalue weighted by atomic mass is 35.5. The number of alkyl halides is 1. The van der Waals surface area contributed by atoms with Gasteiger partial charge in [0.1, 0.15) is 18.2 Å². The van der Waals surface area contributed by atoms with E-state index in [9.17, 15) is 9.18 Å². The Labute approximate surface area is 115 Å². The van der Waals surface area contributed by atoms with Gasteiger partial charge in [-0.05, 0) is 23.8 Å². The first-order valence-corrected chi connectivity index (χ1v) is 6.29. The van der Waals surface area contributed by atoms with E-state index in [2.05, 4.69) is 0 Å². The Bertz CT molecular complexity index is 570.